The number of nitrogens with zero attached hydrogens (tertiary/aromatic N) is 1. The fraction of sp³-hybridized carbons (Fsp3) is 0.385. The van der Waals surface area contributed by atoms with Gasteiger partial charge in [0.2, 0.25) is 0 Å². The minimum Gasteiger partial charge on any atom is -0.459 e. The molecule has 2 N–H and O–H groups in total. The smallest absolute Gasteiger partial charge is 0.316 e. The molecule has 0 spiro atoms. The summed E-state index contributed by atoms with van der Waals surface area (Å²) in [6.07, 6.45) is 0. The van der Waals surface area contributed by atoms with Crippen LogP contribution in [0.1, 0.15) is 26.3 Å². The van der Waals surface area contributed by atoms with Crippen molar-refractivity contribution in [3.63, 3.8) is 0 Å². The van der Waals surface area contributed by atoms with Crippen LogP contribution < -0.4 is 5.73 Å². The van der Waals surface area contributed by atoms with Gasteiger partial charge in [0.1, 0.15) is 5.60 Å². The fourth-order valence-electron chi connectivity index (χ4n) is 1.26. The van der Waals surface area contributed by atoms with E-state index in [0.717, 1.165) is 4.90 Å². The van der Waals surface area contributed by atoms with Gasteiger partial charge in [0.25, 0.3) is 0 Å². The second kappa shape index (κ2) is 5.78. The quantitative estimate of drug-likeness (QED) is 0.516. The van der Waals surface area contributed by atoms with Crippen molar-refractivity contribution in [3.8, 4) is 6.07 Å². The van der Waals surface area contributed by atoms with E-state index in [1.807, 2.05) is 26.8 Å². The normalized spacial score (nSPS) is 10.8. The summed E-state index contributed by atoms with van der Waals surface area (Å²) < 4.78 is 5.19. The molecule has 0 heterocycles. The summed E-state index contributed by atoms with van der Waals surface area (Å²) in [5, 5.41) is 8.71. The first-order valence-corrected chi connectivity index (χ1v) is 6.44. The molecule has 0 radical (unpaired) electrons. The highest BCUT2D eigenvalue weighted by Gasteiger charge is 2.16. The van der Waals surface area contributed by atoms with Crippen LogP contribution >= 0.6 is 11.8 Å². The number of anilines is 1. The molecule has 1 rings (SSSR count). The van der Waals surface area contributed by atoms with E-state index < -0.39 is 5.60 Å². The molecule has 0 atom stereocenters. The average Bonchev–Trinajstić information content (AvgIpc) is 2.25. The van der Waals surface area contributed by atoms with Crippen molar-refractivity contribution in [3.05, 3.63) is 23.8 Å². The maximum atomic E-state index is 11.5. The molecule has 4 nitrogen and oxygen atoms in total. The Bertz CT molecular complexity index is 487. The van der Waals surface area contributed by atoms with Crippen LogP contribution in [0.3, 0.4) is 0 Å². The lowest BCUT2D eigenvalue weighted by Gasteiger charge is -2.19. The zero-order valence-electron chi connectivity index (χ0n) is 10.7. The Morgan fingerprint density at radius 1 is 1.50 bits per heavy atom. The van der Waals surface area contributed by atoms with Crippen LogP contribution in [-0.2, 0) is 9.53 Å². The number of ether oxygens (including phenoxy) is 1. The molecule has 0 bridgehead atoms. The molecule has 96 valence electrons. The summed E-state index contributed by atoms with van der Waals surface area (Å²) in [6, 6.07) is 7.02. The number of hydrogen-bond donors (Lipinski definition) is 1. The number of nitriles is 1. The average molecular weight is 264 g/mol. The maximum Gasteiger partial charge on any atom is 0.316 e. The summed E-state index contributed by atoms with van der Waals surface area (Å²) in [4.78, 5) is 12.3. The fourth-order valence-corrected chi connectivity index (χ4v) is 1.98. The minimum atomic E-state index is -0.478. The molecule has 18 heavy (non-hydrogen) atoms. The van der Waals surface area contributed by atoms with Gasteiger partial charge in [-0.2, -0.15) is 5.26 Å². The molecule has 0 amide bonds. The predicted molar refractivity (Wildman–Crippen MR) is 72.1 cm³/mol. The van der Waals surface area contributed by atoms with Crippen molar-refractivity contribution in [1.82, 2.24) is 0 Å². The SMILES string of the molecule is CC(C)(C)OC(=O)CSc1ccc(C#N)cc1N. The Labute approximate surface area is 111 Å². The number of nitrogen functional groups attached to an aromatic ring is 1. The first-order chi connectivity index (χ1) is 8.31. The maximum absolute atomic E-state index is 11.5. The standard InChI is InChI=1S/C13H16N2O2S/c1-13(2,3)17-12(16)8-18-11-5-4-9(7-14)6-10(11)15/h4-6H,8,15H2,1-3H3. The third-order valence-corrected chi connectivity index (χ3v) is 2.97. The van der Waals surface area contributed by atoms with E-state index in [0.29, 0.717) is 11.3 Å². The van der Waals surface area contributed by atoms with Gasteiger partial charge in [-0.3, -0.25) is 4.79 Å². The first-order valence-electron chi connectivity index (χ1n) is 5.46. The minimum absolute atomic E-state index is 0.202. The number of benzene rings is 1. The lowest BCUT2D eigenvalue weighted by atomic mass is 10.2. The Balaban J connectivity index is 2.59. The van der Waals surface area contributed by atoms with Gasteiger partial charge >= 0.3 is 5.97 Å². The van der Waals surface area contributed by atoms with Crippen molar-refractivity contribution in [2.45, 2.75) is 31.3 Å². The molecule has 0 unspecified atom stereocenters. The lowest BCUT2D eigenvalue weighted by molar-refractivity contribution is -0.151. The third kappa shape index (κ3) is 4.68. The second-order valence-electron chi connectivity index (χ2n) is 4.74. The van der Waals surface area contributed by atoms with E-state index in [1.54, 1.807) is 18.2 Å². The van der Waals surface area contributed by atoms with Gasteiger partial charge in [-0.25, -0.2) is 0 Å². The summed E-state index contributed by atoms with van der Waals surface area (Å²) >= 11 is 1.31. The Kier molecular flexibility index (Phi) is 4.62. The summed E-state index contributed by atoms with van der Waals surface area (Å²) in [5.74, 6) is -0.0795. The molecule has 0 fully saturated rings. The third-order valence-electron chi connectivity index (χ3n) is 1.90. The largest absolute Gasteiger partial charge is 0.459 e. The molecule has 0 saturated carbocycles. The highest BCUT2D eigenvalue weighted by Crippen LogP contribution is 2.26. The lowest BCUT2D eigenvalue weighted by Crippen LogP contribution is -2.24. The van der Waals surface area contributed by atoms with Gasteiger partial charge < -0.3 is 10.5 Å². The van der Waals surface area contributed by atoms with Crippen LogP contribution in [0.2, 0.25) is 0 Å². The topological polar surface area (TPSA) is 76.1 Å². The van der Waals surface area contributed by atoms with E-state index in [9.17, 15) is 4.79 Å². The van der Waals surface area contributed by atoms with Gasteiger partial charge in [0.15, 0.2) is 0 Å². The van der Waals surface area contributed by atoms with E-state index in [2.05, 4.69) is 0 Å². The van der Waals surface area contributed by atoms with Gasteiger partial charge in [-0.1, -0.05) is 0 Å². The second-order valence-corrected chi connectivity index (χ2v) is 5.76. The molecule has 0 aliphatic carbocycles. The van der Waals surface area contributed by atoms with Crippen LogP contribution in [0.5, 0.6) is 0 Å². The van der Waals surface area contributed by atoms with Crippen LogP contribution in [0.4, 0.5) is 5.69 Å². The van der Waals surface area contributed by atoms with Crippen LogP contribution in [0, 0.1) is 11.3 Å². The molecule has 0 aliphatic rings. The molecule has 0 saturated heterocycles. The van der Waals surface area contributed by atoms with Gasteiger partial charge in [-0.05, 0) is 39.0 Å². The number of thioether (sulfide) groups is 1. The number of esters is 1. The van der Waals surface area contributed by atoms with Gasteiger partial charge in [0.05, 0.1) is 17.4 Å². The van der Waals surface area contributed by atoms with E-state index >= 15 is 0 Å². The van der Waals surface area contributed by atoms with Crippen LogP contribution in [0.25, 0.3) is 0 Å². The monoisotopic (exact) mass is 264 g/mol. The van der Waals surface area contributed by atoms with Gasteiger partial charge in [0, 0.05) is 10.6 Å². The number of carbonyl (C=O) groups excluding carboxylic acids is 1. The van der Waals surface area contributed by atoms with Crippen molar-refractivity contribution in [1.29, 1.82) is 5.26 Å². The number of carbonyl (C=O) groups is 1. The Morgan fingerprint density at radius 3 is 2.67 bits per heavy atom. The molecular weight excluding hydrogens is 248 g/mol. The summed E-state index contributed by atoms with van der Waals surface area (Å²) in [5.41, 5.74) is 6.32. The van der Waals surface area contributed by atoms with Crippen molar-refractivity contribution in [2.24, 2.45) is 0 Å². The number of nitrogens with two attached hydrogens (primary N) is 1. The molecular formula is C13H16N2O2S. The van der Waals surface area contributed by atoms with Crippen molar-refractivity contribution in [2.75, 3.05) is 11.5 Å². The summed E-state index contributed by atoms with van der Waals surface area (Å²) in [7, 11) is 0. The van der Waals surface area contributed by atoms with Crippen molar-refractivity contribution < 1.29 is 9.53 Å². The molecule has 5 heteroatoms. The first kappa shape index (κ1) is 14.4. The number of rotatable bonds is 3. The highest BCUT2D eigenvalue weighted by atomic mass is 32.2. The molecule has 1 aromatic carbocycles. The van der Waals surface area contributed by atoms with Gasteiger partial charge in [-0.15, -0.1) is 11.8 Å². The van der Waals surface area contributed by atoms with E-state index in [4.69, 9.17) is 15.7 Å². The van der Waals surface area contributed by atoms with E-state index in [-0.39, 0.29) is 11.7 Å². The van der Waals surface area contributed by atoms with Crippen molar-refractivity contribution >= 4 is 23.4 Å². The molecule has 1 aromatic rings. The van der Waals surface area contributed by atoms with E-state index in [1.165, 1.54) is 11.8 Å². The zero-order chi connectivity index (χ0) is 13.8. The van der Waals surface area contributed by atoms with Crippen LogP contribution in [-0.4, -0.2) is 17.3 Å². The Morgan fingerprint density at radius 2 is 2.17 bits per heavy atom. The summed E-state index contributed by atoms with van der Waals surface area (Å²) in [6.45, 7) is 5.48. The molecule has 0 aromatic heterocycles. The van der Waals surface area contributed by atoms with Crippen LogP contribution in [0.15, 0.2) is 23.1 Å². The predicted octanol–water partition coefficient (Wildman–Crippen LogP) is 2.57. The number of hydrogen-bond acceptors (Lipinski definition) is 5. The Hall–Kier alpha value is -1.67. The highest BCUT2D eigenvalue weighted by molar-refractivity contribution is 8.00. The molecule has 0 aliphatic heterocycles. The zero-order valence-corrected chi connectivity index (χ0v) is 11.5.